The van der Waals surface area contributed by atoms with Gasteiger partial charge in [-0.25, -0.2) is 4.98 Å². The van der Waals surface area contributed by atoms with Crippen LogP contribution >= 0.6 is 11.3 Å². The summed E-state index contributed by atoms with van der Waals surface area (Å²) in [6.07, 6.45) is 0. The van der Waals surface area contributed by atoms with Crippen LogP contribution in [-0.2, 0) is 16.8 Å². The van der Waals surface area contributed by atoms with E-state index in [4.69, 9.17) is 4.42 Å². The Labute approximate surface area is 203 Å². The summed E-state index contributed by atoms with van der Waals surface area (Å²) in [4.78, 5) is 30.1. The van der Waals surface area contributed by atoms with E-state index in [0.29, 0.717) is 29.4 Å². The first-order chi connectivity index (χ1) is 16.2. The molecule has 4 aromatic rings. The van der Waals surface area contributed by atoms with Gasteiger partial charge < -0.3 is 15.1 Å². The van der Waals surface area contributed by atoms with E-state index < -0.39 is 0 Å². The Bertz CT molecular complexity index is 1280. The molecule has 0 aliphatic rings. The van der Waals surface area contributed by atoms with Crippen molar-refractivity contribution in [3.8, 4) is 22.8 Å². The average Bonchev–Trinajstić information content (AvgIpc) is 3.47. The Balaban J connectivity index is 1.68. The first-order valence-corrected chi connectivity index (χ1v) is 11.9. The lowest BCUT2D eigenvalue weighted by Gasteiger charge is -2.18. The van der Waals surface area contributed by atoms with Gasteiger partial charge in [-0.15, -0.1) is 11.3 Å². The van der Waals surface area contributed by atoms with E-state index in [2.05, 4.69) is 48.5 Å². The molecule has 0 fully saturated rings. The number of nitrogens with zero attached hydrogens (tertiary/aromatic N) is 1. The normalized spacial score (nSPS) is 11.3. The van der Waals surface area contributed by atoms with Gasteiger partial charge in [0.15, 0.2) is 11.5 Å². The number of benzene rings is 2. The van der Waals surface area contributed by atoms with Crippen molar-refractivity contribution in [1.29, 1.82) is 0 Å². The Morgan fingerprint density at radius 1 is 0.971 bits per heavy atom. The van der Waals surface area contributed by atoms with Crippen molar-refractivity contribution < 1.29 is 14.0 Å². The lowest BCUT2D eigenvalue weighted by Crippen LogP contribution is -2.23. The molecule has 174 valence electrons. The average molecular weight is 474 g/mol. The Morgan fingerprint density at radius 3 is 2.24 bits per heavy atom. The van der Waals surface area contributed by atoms with E-state index in [0.717, 1.165) is 10.4 Å². The van der Waals surface area contributed by atoms with Crippen LogP contribution in [0.3, 0.4) is 0 Å². The third-order valence-corrected chi connectivity index (χ3v) is 6.19. The van der Waals surface area contributed by atoms with E-state index in [1.807, 2.05) is 29.6 Å². The molecule has 2 heterocycles. The molecule has 4 rings (SSSR count). The molecule has 0 saturated carbocycles. The molecule has 0 aliphatic carbocycles. The van der Waals surface area contributed by atoms with Crippen LogP contribution in [0.5, 0.6) is 0 Å². The van der Waals surface area contributed by atoms with Crippen molar-refractivity contribution in [2.75, 3.05) is 5.32 Å². The van der Waals surface area contributed by atoms with Gasteiger partial charge in [-0.2, -0.15) is 0 Å². The van der Waals surface area contributed by atoms with Gasteiger partial charge in [0.05, 0.1) is 6.54 Å². The number of oxazole rings is 1. The maximum atomic E-state index is 13.1. The summed E-state index contributed by atoms with van der Waals surface area (Å²) in [6.45, 7) is 8.35. The minimum atomic E-state index is -0.310. The highest BCUT2D eigenvalue weighted by Crippen LogP contribution is 2.32. The molecule has 0 radical (unpaired) electrons. The van der Waals surface area contributed by atoms with E-state index in [1.54, 1.807) is 35.6 Å². The zero-order valence-electron chi connectivity index (χ0n) is 19.6. The third-order valence-electron chi connectivity index (χ3n) is 5.31. The van der Waals surface area contributed by atoms with Crippen LogP contribution in [0, 0.1) is 0 Å². The monoisotopic (exact) mass is 473 g/mol. The Morgan fingerprint density at radius 2 is 1.65 bits per heavy atom. The Kier molecular flexibility index (Phi) is 6.65. The van der Waals surface area contributed by atoms with Gasteiger partial charge in [0.2, 0.25) is 11.8 Å². The number of carbonyl (C=O) groups excluding carboxylic acids is 2. The van der Waals surface area contributed by atoms with E-state index >= 15 is 0 Å². The van der Waals surface area contributed by atoms with Gasteiger partial charge in [0, 0.05) is 28.6 Å². The zero-order valence-corrected chi connectivity index (χ0v) is 20.5. The SMILES string of the molecule is CC(=O)Nc1ccc(-c2oc(-c3ccc(C(C)(C)C)cc3)nc2C(=O)NCc2cccs2)cc1. The fourth-order valence-electron chi connectivity index (χ4n) is 3.48. The number of nitrogens with one attached hydrogen (secondary N) is 2. The summed E-state index contributed by atoms with van der Waals surface area (Å²) in [5.41, 5.74) is 3.60. The summed E-state index contributed by atoms with van der Waals surface area (Å²) in [6, 6.07) is 19.1. The number of aromatic nitrogens is 1. The Hall–Kier alpha value is -3.71. The van der Waals surface area contributed by atoms with Crippen molar-refractivity contribution in [2.45, 2.75) is 39.7 Å². The lowest BCUT2D eigenvalue weighted by molar-refractivity contribution is -0.114. The number of hydrogen-bond acceptors (Lipinski definition) is 5. The van der Waals surface area contributed by atoms with E-state index in [-0.39, 0.29) is 22.9 Å². The minimum absolute atomic E-state index is 0.0305. The molecule has 7 heteroatoms. The molecular weight excluding hydrogens is 446 g/mol. The second kappa shape index (κ2) is 9.65. The number of anilines is 1. The molecule has 0 spiro atoms. The van der Waals surface area contributed by atoms with Gasteiger partial charge in [-0.05, 0) is 58.8 Å². The minimum Gasteiger partial charge on any atom is -0.435 e. The molecule has 0 unspecified atom stereocenters. The summed E-state index contributed by atoms with van der Waals surface area (Å²) in [7, 11) is 0. The summed E-state index contributed by atoms with van der Waals surface area (Å²) in [5.74, 6) is 0.299. The molecule has 34 heavy (non-hydrogen) atoms. The standard InChI is InChI=1S/C27H27N3O3S/c1-17(31)29-21-13-9-18(10-14-21)24-23(25(32)28-16-22-6-5-15-34-22)30-26(33-24)19-7-11-20(12-8-19)27(2,3)4/h5-15H,16H2,1-4H3,(H,28,32)(H,29,31). The summed E-state index contributed by atoms with van der Waals surface area (Å²) < 4.78 is 6.13. The maximum Gasteiger partial charge on any atom is 0.274 e. The maximum absolute atomic E-state index is 13.1. The summed E-state index contributed by atoms with van der Waals surface area (Å²) >= 11 is 1.58. The zero-order chi connectivity index (χ0) is 24.3. The van der Waals surface area contributed by atoms with Crippen LogP contribution in [0.2, 0.25) is 0 Å². The topological polar surface area (TPSA) is 84.2 Å². The molecule has 2 N–H and O–H groups in total. The first kappa shape index (κ1) is 23.4. The summed E-state index contributed by atoms with van der Waals surface area (Å²) in [5, 5.41) is 7.65. The van der Waals surface area contributed by atoms with Gasteiger partial charge in [-0.3, -0.25) is 9.59 Å². The van der Waals surface area contributed by atoms with Crippen LogP contribution in [-0.4, -0.2) is 16.8 Å². The van der Waals surface area contributed by atoms with E-state index in [9.17, 15) is 9.59 Å². The highest BCUT2D eigenvalue weighted by atomic mass is 32.1. The first-order valence-electron chi connectivity index (χ1n) is 11.0. The van der Waals surface area contributed by atoms with Crippen LogP contribution in [0.1, 0.15) is 48.6 Å². The van der Waals surface area contributed by atoms with Gasteiger partial charge >= 0.3 is 0 Å². The third kappa shape index (κ3) is 5.43. The van der Waals surface area contributed by atoms with E-state index in [1.165, 1.54) is 12.5 Å². The number of thiophene rings is 1. The van der Waals surface area contributed by atoms with Crippen molar-refractivity contribution in [3.05, 3.63) is 82.2 Å². The molecular formula is C27H27N3O3S. The second-order valence-electron chi connectivity index (χ2n) is 9.04. The molecule has 0 bridgehead atoms. The van der Waals surface area contributed by atoms with Crippen molar-refractivity contribution >= 4 is 28.8 Å². The molecule has 6 nitrogen and oxygen atoms in total. The number of carbonyl (C=O) groups is 2. The highest BCUT2D eigenvalue weighted by molar-refractivity contribution is 7.09. The molecule has 2 aromatic heterocycles. The lowest BCUT2D eigenvalue weighted by atomic mass is 9.87. The van der Waals surface area contributed by atoms with Crippen LogP contribution in [0.25, 0.3) is 22.8 Å². The molecule has 0 atom stereocenters. The fourth-order valence-corrected chi connectivity index (χ4v) is 4.12. The molecule has 2 amide bonds. The highest BCUT2D eigenvalue weighted by Gasteiger charge is 2.23. The van der Waals surface area contributed by atoms with Crippen LogP contribution in [0.15, 0.2) is 70.5 Å². The molecule has 2 aromatic carbocycles. The predicted octanol–water partition coefficient (Wildman–Crippen LogP) is 6.26. The predicted molar refractivity (Wildman–Crippen MR) is 136 cm³/mol. The number of amides is 2. The number of rotatable bonds is 6. The molecule has 0 saturated heterocycles. The number of hydrogen-bond donors (Lipinski definition) is 2. The van der Waals surface area contributed by atoms with Gasteiger partial charge in [-0.1, -0.05) is 39.0 Å². The molecule has 0 aliphatic heterocycles. The largest absolute Gasteiger partial charge is 0.435 e. The van der Waals surface area contributed by atoms with Crippen molar-refractivity contribution in [3.63, 3.8) is 0 Å². The van der Waals surface area contributed by atoms with Gasteiger partial charge in [0.25, 0.3) is 5.91 Å². The van der Waals surface area contributed by atoms with Crippen molar-refractivity contribution in [2.24, 2.45) is 0 Å². The second-order valence-corrected chi connectivity index (χ2v) is 10.1. The van der Waals surface area contributed by atoms with Gasteiger partial charge in [0.1, 0.15) is 0 Å². The van der Waals surface area contributed by atoms with Crippen molar-refractivity contribution in [1.82, 2.24) is 10.3 Å². The van der Waals surface area contributed by atoms with Crippen LogP contribution in [0.4, 0.5) is 5.69 Å². The van der Waals surface area contributed by atoms with Crippen LogP contribution < -0.4 is 10.6 Å². The fraction of sp³-hybridized carbons (Fsp3) is 0.222. The quantitative estimate of drug-likeness (QED) is 0.346. The smallest absolute Gasteiger partial charge is 0.274 e.